The molecule has 0 heterocycles. The molecule has 0 aromatic heterocycles. The van der Waals surface area contributed by atoms with E-state index in [1.807, 2.05) is 0 Å². The molecule has 20 heavy (non-hydrogen) atoms. The Morgan fingerprint density at radius 2 is 1.90 bits per heavy atom. The highest BCUT2D eigenvalue weighted by Crippen LogP contribution is 2.29. The van der Waals surface area contributed by atoms with E-state index in [4.69, 9.17) is 10.4 Å². The average molecular weight is 284 g/mol. The van der Waals surface area contributed by atoms with Crippen LogP contribution in [0.15, 0.2) is 35.6 Å². The Morgan fingerprint density at radius 1 is 1.35 bits per heavy atom. The van der Waals surface area contributed by atoms with Gasteiger partial charge in [0, 0.05) is 6.54 Å². The van der Waals surface area contributed by atoms with Crippen LogP contribution < -0.4 is 5.32 Å². The van der Waals surface area contributed by atoms with Gasteiger partial charge in [0.2, 0.25) is 0 Å². The van der Waals surface area contributed by atoms with Crippen LogP contribution in [0.25, 0.3) is 0 Å². The highest BCUT2D eigenvalue weighted by Gasteiger charge is 2.29. The number of halogens is 3. The average Bonchev–Trinajstić information content (AvgIpc) is 2.36. The molecule has 0 saturated heterocycles. The Morgan fingerprint density at radius 3 is 2.30 bits per heavy atom. The molecule has 0 spiro atoms. The van der Waals surface area contributed by atoms with Crippen LogP contribution in [0, 0.1) is 11.3 Å². The summed E-state index contributed by atoms with van der Waals surface area (Å²) >= 11 is 0. The Bertz CT molecular complexity index is 565. The lowest BCUT2D eigenvalue weighted by molar-refractivity contribution is -0.137. The summed E-state index contributed by atoms with van der Waals surface area (Å²) in [6.07, 6.45) is -4.41. The zero-order valence-electron chi connectivity index (χ0n) is 10.5. The summed E-state index contributed by atoms with van der Waals surface area (Å²) in [4.78, 5) is 11.5. The van der Waals surface area contributed by atoms with Gasteiger partial charge in [-0.15, -0.1) is 0 Å². The highest BCUT2D eigenvalue weighted by molar-refractivity contribution is 5.97. The molecule has 0 atom stereocenters. The molecule has 0 fully saturated rings. The van der Waals surface area contributed by atoms with Crippen LogP contribution in [0.2, 0.25) is 0 Å². The fourth-order valence-electron chi connectivity index (χ4n) is 1.38. The van der Waals surface area contributed by atoms with E-state index in [2.05, 4.69) is 5.32 Å². The maximum Gasteiger partial charge on any atom is 0.416 e. The number of carbonyl (C=O) groups is 1. The molecule has 0 aliphatic rings. The third kappa shape index (κ3) is 4.02. The number of nitrogens with zero attached hydrogens (tertiary/aromatic N) is 1. The van der Waals surface area contributed by atoms with Gasteiger partial charge in [-0.2, -0.15) is 18.4 Å². The number of benzene rings is 1. The van der Waals surface area contributed by atoms with Gasteiger partial charge >= 0.3 is 6.18 Å². The van der Waals surface area contributed by atoms with Crippen molar-refractivity contribution >= 4 is 5.91 Å². The Hall–Kier alpha value is -2.49. The SMILES string of the molecule is C/C(O)=C(/C#N)C(=O)NCc1ccc(C(F)(F)F)cc1. The number of amides is 1. The minimum Gasteiger partial charge on any atom is -0.511 e. The van der Waals surface area contributed by atoms with E-state index in [9.17, 15) is 18.0 Å². The number of allylic oxidation sites excluding steroid dienone is 1. The summed E-state index contributed by atoms with van der Waals surface area (Å²) in [5.74, 6) is -1.20. The molecule has 0 bridgehead atoms. The van der Waals surface area contributed by atoms with Crippen LogP contribution in [-0.4, -0.2) is 11.0 Å². The lowest BCUT2D eigenvalue weighted by Crippen LogP contribution is -2.24. The van der Waals surface area contributed by atoms with Crippen LogP contribution in [-0.2, 0) is 17.5 Å². The number of hydrogen-bond donors (Lipinski definition) is 2. The molecule has 1 aromatic rings. The first-order valence-electron chi connectivity index (χ1n) is 5.50. The minimum absolute atomic E-state index is 0.0462. The van der Waals surface area contributed by atoms with Crippen molar-refractivity contribution in [3.05, 3.63) is 46.7 Å². The first kappa shape index (κ1) is 15.6. The van der Waals surface area contributed by atoms with Crippen molar-refractivity contribution in [2.24, 2.45) is 0 Å². The summed E-state index contributed by atoms with van der Waals surface area (Å²) in [5.41, 5.74) is -0.771. The number of rotatable bonds is 3. The monoisotopic (exact) mass is 284 g/mol. The number of aliphatic hydroxyl groups is 1. The number of aliphatic hydroxyl groups excluding tert-OH is 1. The predicted molar refractivity (Wildman–Crippen MR) is 64.2 cm³/mol. The van der Waals surface area contributed by atoms with Crippen molar-refractivity contribution in [1.82, 2.24) is 5.32 Å². The summed E-state index contributed by atoms with van der Waals surface area (Å²) < 4.78 is 37.0. The van der Waals surface area contributed by atoms with Crippen molar-refractivity contribution in [2.75, 3.05) is 0 Å². The fourth-order valence-corrected chi connectivity index (χ4v) is 1.38. The zero-order valence-corrected chi connectivity index (χ0v) is 10.5. The molecular formula is C13H11F3N2O2. The highest BCUT2D eigenvalue weighted by atomic mass is 19.4. The van der Waals surface area contributed by atoms with Gasteiger partial charge in [-0.3, -0.25) is 4.79 Å². The van der Waals surface area contributed by atoms with Crippen LogP contribution in [0.3, 0.4) is 0 Å². The van der Waals surface area contributed by atoms with Gasteiger partial charge < -0.3 is 10.4 Å². The smallest absolute Gasteiger partial charge is 0.416 e. The van der Waals surface area contributed by atoms with Crippen molar-refractivity contribution in [2.45, 2.75) is 19.6 Å². The lowest BCUT2D eigenvalue weighted by atomic mass is 10.1. The molecule has 0 unspecified atom stereocenters. The quantitative estimate of drug-likeness (QED) is 0.509. The molecule has 0 aliphatic carbocycles. The van der Waals surface area contributed by atoms with Crippen LogP contribution in [0.1, 0.15) is 18.1 Å². The molecule has 1 aromatic carbocycles. The maximum atomic E-state index is 12.3. The molecule has 106 valence electrons. The van der Waals surface area contributed by atoms with Gasteiger partial charge in [0.15, 0.2) is 5.57 Å². The standard InChI is InChI=1S/C13H11F3N2O2/c1-8(19)11(6-17)12(20)18-7-9-2-4-10(5-3-9)13(14,15)16/h2-5,19H,7H2,1H3,(H,18,20)/b11-8+. The molecule has 4 nitrogen and oxygen atoms in total. The second kappa shape index (κ2) is 6.10. The summed E-state index contributed by atoms with van der Waals surface area (Å²) in [6, 6.07) is 5.79. The van der Waals surface area contributed by atoms with Crippen molar-refractivity contribution in [1.29, 1.82) is 5.26 Å². The molecule has 1 rings (SSSR count). The summed E-state index contributed by atoms with van der Waals surface area (Å²) in [7, 11) is 0. The largest absolute Gasteiger partial charge is 0.511 e. The predicted octanol–water partition coefficient (Wildman–Crippen LogP) is 2.68. The molecule has 0 saturated carbocycles. The van der Waals surface area contributed by atoms with Gasteiger partial charge in [0.25, 0.3) is 5.91 Å². The topological polar surface area (TPSA) is 73.1 Å². The molecule has 2 N–H and O–H groups in total. The number of nitriles is 1. The summed E-state index contributed by atoms with van der Waals surface area (Å²) in [6.45, 7) is 1.14. The van der Waals surface area contributed by atoms with E-state index in [1.165, 1.54) is 25.1 Å². The van der Waals surface area contributed by atoms with Gasteiger partial charge in [-0.1, -0.05) is 12.1 Å². The lowest BCUT2D eigenvalue weighted by Gasteiger charge is -2.08. The van der Waals surface area contributed by atoms with E-state index in [0.717, 1.165) is 12.1 Å². The second-order valence-corrected chi connectivity index (χ2v) is 3.95. The minimum atomic E-state index is -4.41. The third-order valence-electron chi connectivity index (χ3n) is 2.44. The Labute approximate surface area is 113 Å². The van der Waals surface area contributed by atoms with E-state index in [-0.39, 0.29) is 6.54 Å². The van der Waals surface area contributed by atoms with Gasteiger partial charge in [0.05, 0.1) is 5.56 Å². The number of hydrogen-bond acceptors (Lipinski definition) is 3. The molecular weight excluding hydrogens is 273 g/mol. The Kier molecular flexibility index (Phi) is 4.75. The van der Waals surface area contributed by atoms with Crippen LogP contribution in [0.5, 0.6) is 0 Å². The van der Waals surface area contributed by atoms with Gasteiger partial charge in [-0.05, 0) is 24.6 Å². The molecule has 7 heteroatoms. The number of nitrogens with one attached hydrogen (secondary N) is 1. The van der Waals surface area contributed by atoms with Gasteiger partial charge in [-0.25, -0.2) is 0 Å². The molecule has 1 amide bonds. The second-order valence-electron chi connectivity index (χ2n) is 3.95. The fraction of sp³-hybridized carbons (Fsp3) is 0.231. The van der Waals surface area contributed by atoms with E-state index in [0.29, 0.717) is 5.56 Å². The number of carbonyl (C=O) groups excluding carboxylic acids is 1. The number of alkyl halides is 3. The maximum absolute atomic E-state index is 12.3. The van der Waals surface area contributed by atoms with Crippen LogP contribution >= 0.6 is 0 Å². The van der Waals surface area contributed by atoms with Gasteiger partial charge in [0.1, 0.15) is 11.8 Å². The third-order valence-corrected chi connectivity index (χ3v) is 2.44. The zero-order chi connectivity index (χ0) is 15.3. The van der Waals surface area contributed by atoms with E-state index >= 15 is 0 Å². The summed E-state index contributed by atoms with van der Waals surface area (Å²) in [5, 5.41) is 20.0. The van der Waals surface area contributed by atoms with Crippen molar-refractivity contribution in [3.8, 4) is 6.07 Å². The van der Waals surface area contributed by atoms with Crippen molar-refractivity contribution in [3.63, 3.8) is 0 Å². The van der Waals surface area contributed by atoms with Crippen LogP contribution in [0.4, 0.5) is 13.2 Å². The molecule has 0 aliphatic heterocycles. The van der Waals surface area contributed by atoms with E-state index in [1.54, 1.807) is 0 Å². The Balaban J connectivity index is 2.71. The van der Waals surface area contributed by atoms with Crippen molar-refractivity contribution < 1.29 is 23.1 Å². The first-order chi connectivity index (χ1) is 9.25. The van der Waals surface area contributed by atoms with E-state index < -0.39 is 29.0 Å². The molecule has 0 radical (unpaired) electrons. The first-order valence-corrected chi connectivity index (χ1v) is 5.50. The normalized spacial score (nSPS) is 12.3.